The van der Waals surface area contributed by atoms with Crippen molar-refractivity contribution in [3.05, 3.63) is 10.5 Å². The van der Waals surface area contributed by atoms with Crippen LogP contribution in [0.4, 0.5) is 5.13 Å². The van der Waals surface area contributed by atoms with Gasteiger partial charge in [-0.1, -0.05) is 11.6 Å². The summed E-state index contributed by atoms with van der Waals surface area (Å²) in [4.78, 5) is 4.01. The Morgan fingerprint density at radius 1 is 1.69 bits per heavy atom. The van der Waals surface area contributed by atoms with E-state index in [9.17, 15) is 5.11 Å². The molecule has 0 bridgehead atoms. The van der Waals surface area contributed by atoms with Crippen molar-refractivity contribution >= 4 is 28.1 Å². The standard InChI is InChI=1S/C7H9ClN2O2S/c8-6-3-13-7(10-6)9-4-1-12-2-5(4)11/h3-5,11H,1-2H2,(H,9,10)/t4-,5-/m1/s1. The second-order valence-corrected chi connectivity index (χ2v) is 4.08. The van der Waals surface area contributed by atoms with Crippen molar-refractivity contribution in [1.29, 1.82) is 0 Å². The number of hydrogen-bond acceptors (Lipinski definition) is 5. The van der Waals surface area contributed by atoms with E-state index in [0.29, 0.717) is 18.4 Å². The van der Waals surface area contributed by atoms with Crippen molar-refractivity contribution in [2.75, 3.05) is 18.5 Å². The molecule has 2 N–H and O–H groups in total. The van der Waals surface area contributed by atoms with E-state index in [1.54, 1.807) is 5.38 Å². The van der Waals surface area contributed by atoms with Crippen LogP contribution in [0.15, 0.2) is 5.38 Å². The molecule has 2 heterocycles. The molecular weight excluding hydrogens is 212 g/mol. The van der Waals surface area contributed by atoms with Gasteiger partial charge in [-0.25, -0.2) is 4.98 Å². The van der Waals surface area contributed by atoms with E-state index in [0.717, 1.165) is 5.13 Å². The van der Waals surface area contributed by atoms with Crippen LogP contribution in [0.5, 0.6) is 0 Å². The summed E-state index contributed by atoms with van der Waals surface area (Å²) < 4.78 is 5.08. The summed E-state index contributed by atoms with van der Waals surface area (Å²) in [5.41, 5.74) is 0. The monoisotopic (exact) mass is 220 g/mol. The Morgan fingerprint density at radius 3 is 3.08 bits per heavy atom. The number of aliphatic hydroxyl groups is 1. The van der Waals surface area contributed by atoms with Gasteiger partial charge in [0.1, 0.15) is 5.15 Å². The molecule has 0 spiro atoms. The lowest BCUT2D eigenvalue weighted by Crippen LogP contribution is -2.31. The van der Waals surface area contributed by atoms with E-state index in [1.165, 1.54) is 11.3 Å². The van der Waals surface area contributed by atoms with Gasteiger partial charge in [0.05, 0.1) is 25.4 Å². The van der Waals surface area contributed by atoms with Crippen molar-refractivity contribution in [2.24, 2.45) is 0 Å². The van der Waals surface area contributed by atoms with Gasteiger partial charge in [-0.3, -0.25) is 0 Å². The van der Waals surface area contributed by atoms with Gasteiger partial charge in [0.25, 0.3) is 0 Å². The highest BCUT2D eigenvalue weighted by molar-refractivity contribution is 7.14. The largest absolute Gasteiger partial charge is 0.388 e. The predicted octanol–water partition coefficient (Wildman–Crippen LogP) is 0.968. The third-order valence-electron chi connectivity index (χ3n) is 1.84. The van der Waals surface area contributed by atoms with Gasteiger partial charge in [-0.15, -0.1) is 11.3 Å². The third kappa shape index (κ3) is 2.11. The summed E-state index contributed by atoms with van der Waals surface area (Å²) in [6.07, 6.45) is -0.456. The van der Waals surface area contributed by atoms with Crippen LogP contribution in [0.1, 0.15) is 0 Å². The predicted molar refractivity (Wildman–Crippen MR) is 51.4 cm³/mol. The topological polar surface area (TPSA) is 54.4 Å². The molecule has 6 heteroatoms. The van der Waals surface area contributed by atoms with Crippen LogP contribution in [-0.4, -0.2) is 35.5 Å². The fraction of sp³-hybridized carbons (Fsp3) is 0.571. The van der Waals surface area contributed by atoms with Crippen LogP contribution < -0.4 is 5.32 Å². The molecular formula is C7H9ClN2O2S. The molecule has 1 aromatic rings. The lowest BCUT2D eigenvalue weighted by atomic mass is 10.2. The maximum atomic E-state index is 9.41. The maximum Gasteiger partial charge on any atom is 0.184 e. The van der Waals surface area contributed by atoms with Crippen LogP contribution in [0, 0.1) is 0 Å². The summed E-state index contributed by atoms with van der Waals surface area (Å²) in [6, 6.07) is -0.0674. The fourth-order valence-corrected chi connectivity index (χ4v) is 2.06. The molecule has 13 heavy (non-hydrogen) atoms. The number of anilines is 1. The Hall–Kier alpha value is -0.360. The number of hydrogen-bond donors (Lipinski definition) is 2. The van der Waals surface area contributed by atoms with E-state index in [2.05, 4.69) is 10.3 Å². The zero-order chi connectivity index (χ0) is 9.26. The first kappa shape index (κ1) is 9.21. The summed E-state index contributed by atoms with van der Waals surface area (Å²) >= 11 is 7.07. The second kappa shape index (κ2) is 3.79. The number of ether oxygens (including phenoxy) is 1. The Bertz CT molecular complexity index is 294. The first-order chi connectivity index (χ1) is 6.25. The molecule has 0 unspecified atom stereocenters. The fourth-order valence-electron chi connectivity index (χ4n) is 1.16. The Kier molecular flexibility index (Phi) is 2.69. The average molecular weight is 221 g/mol. The minimum absolute atomic E-state index is 0.0674. The van der Waals surface area contributed by atoms with Gasteiger partial charge in [0, 0.05) is 5.38 Å². The average Bonchev–Trinajstić information content (AvgIpc) is 2.64. The molecule has 2 atom stereocenters. The first-order valence-electron chi connectivity index (χ1n) is 3.89. The van der Waals surface area contributed by atoms with Crippen LogP contribution in [0.2, 0.25) is 5.15 Å². The molecule has 0 saturated carbocycles. The number of nitrogens with one attached hydrogen (secondary N) is 1. The Labute approximate surface area is 84.5 Å². The van der Waals surface area contributed by atoms with Crippen LogP contribution >= 0.6 is 22.9 Å². The molecule has 1 aromatic heterocycles. The molecule has 0 aliphatic carbocycles. The minimum atomic E-state index is -0.456. The van der Waals surface area contributed by atoms with Crippen molar-refractivity contribution in [3.63, 3.8) is 0 Å². The van der Waals surface area contributed by atoms with E-state index >= 15 is 0 Å². The van der Waals surface area contributed by atoms with E-state index < -0.39 is 6.10 Å². The molecule has 4 nitrogen and oxygen atoms in total. The molecule has 1 saturated heterocycles. The number of aromatic nitrogens is 1. The third-order valence-corrected chi connectivity index (χ3v) is 2.93. The highest BCUT2D eigenvalue weighted by Crippen LogP contribution is 2.21. The summed E-state index contributed by atoms with van der Waals surface area (Å²) in [6.45, 7) is 0.898. The molecule has 0 radical (unpaired) electrons. The van der Waals surface area contributed by atoms with Crippen LogP contribution in [0.25, 0.3) is 0 Å². The maximum absolute atomic E-state index is 9.41. The smallest absolute Gasteiger partial charge is 0.184 e. The van der Waals surface area contributed by atoms with E-state index in [4.69, 9.17) is 16.3 Å². The lowest BCUT2D eigenvalue weighted by Gasteiger charge is -2.12. The molecule has 1 aliphatic heterocycles. The van der Waals surface area contributed by atoms with Crippen molar-refractivity contribution in [2.45, 2.75) is 12.1 Å². The number of rotatable bonds is 2. The molecule has 72 valence electrons. The Morgan fingerprint density at radius 2 is 2.54 bits per heavy atom. The number of nitrogens with zero attached hydrogens (tertiary/aromatic N) is 1. The molecule has 2 rings (SSSR count). The van der Waals surface area contributed by atoms with Gasteiger partial charge in [-0.05, 0) is 0 Å². The van der Waals surface area contributed by atoms with E-state index in [1.807, 2.05) is 0 Å². The van der Waals surface area contributed by atoms with Crippen molar-refractivity contribution in [3.8, 4) is 0 Å². The van der Waals surface area contributed by atoms with Gasteiger partial charge in [-0.2, -0.15) is 0 Å². The van der Waals surface area contributed by atoms with Crippen molar-refractivity contribution in [1.82, 2.24) is 4.98 Å². The zero-order valence-electron chi connectivity index (χ0n) is 6.74. The minimum Gasteiger partial charge on any atom is -0.388 e. The van der Waals surface area contributed by atoms with Gasteiger partial charge in [0.2, 0.25) is 0 Å². The van der Waals surface area contributed by atoms with Crippen LogP contribution in [-0.2, 0) is 4.74 Å². The highest BCUT2D eigenvalue weighted by Gasteiger charge is 2.26. The Balaban J connectivity index is 1.97. The summed E-state index contributed by atoms with van der Waals surface area (Å²) in [7, 11) is 0. The quantitative estimate of drug-likeness (QED) is 0.780. The number of thiazole rings is 1. The first-order valence-corrected chi connectivity index (χ1v) is 5.15. The summed E-state index contributed by atoms with van der Waals surface area (Å²) in [5.74, 6) is 0. The molecule has 0 amide bonds. The second-order valence-electron chi connectivity index (χ2n) is 2.83. The van der Waals surface area contributed by atoms with Gasteiger partial charge < -0.3 is 15.2 Å². The van der Waals surface area contributed by atoms with E-state index in [-0.39, 0.29) is 6.04 Å². The molecule has 1 aliphatic rings. The number of halogens is 1. The van der Waals surface area contributed by atoms with Gasteiger partial charge in [0.15, 0.2) is 5.13 Å². The van der Waals surface area contributed by atoms with Crippen molar-refractivity contribution < 1.29 is 9.84 Å². The lowest BCUT2D eigenvalue weighted by molar-refractivity contribution is 0.125. The molecule has 0 aromatic carbocycles. The highest BCUT2D eigenvalue weighted by atomic mass is 35.5. The number of aliphatic hydroxyl groups excluding tert-OH is 1. The normalized spacial score (nSPS) is 27.8. The zero-order valence-corrected chi connectivity index (χ0v) is 8.31. The SMILES string of the molecule is O[C@@H]1COC[C@H]1Nc1nc(Cl)cs1. The summed E-state index contributed by atoms with van der Waals surface area (Å²) in [5, 5.41) is 15.4. The van der Waals surface area contributed by atoms with Gasteiger partial charge >= 0.3 is 0 Å². The van der Waals surface area contributed by atoms with Crippen LogP contribution in [0.3, 0.4) is 0 Å². The molecule has 1 fully saturated rings.